The molecule has 0 saturated carbocycles. The number of ether oxygens (including phenoxy) is 1. The van der Waals surface area contributed by atoms with Gasteiger partial charge in [0.1, 0.15) is 17.3 Å². The van der Waals surface area contributed by atoms with E-state index in [1.807, 2.05) is 6.92 Å². The molecule has 0 aliphatic heterocycles. The zero-order valence-electron chi connectivity index (χ0n) is 8.24. The maximum absolute atomic E-state index is 12.6. The highest BCUT2D eigenvalue weighted by molar-refractivity contribution is 5.22. The van der Waals surface area contributed by atoms with E-state index in [2.05, 4.69) is 4.98 Å². The summed E-state index contributed by atoms with van der Waals surface area (Å²) in [6.45, 7) is 2.06. The molecular weight excluding hydrogens is 197 g/mol. The van der Waals surface area contributed by atoms with Crippen molar-refractivity contribution in [3.05, 3.63) is 47.9 Å². The molecule has 2 aromatic rings. The molecule has 0 saturated heterocycles. The summed E-state index contributed by atoms with van der Waals surface area (Å²) in [5, 5.41) is 0. The molecule has 1 aromatic carbocycles. The molecule has 0 spiro atoms. The highest BCUT2D eigenvalue weighted by Gasteiger charge is 2.01. The normalized spacial score (nSPS) is 10.3. The maximum atomic E-state index is 12.6. The Kier molecular flexibility index (Phi) is 2.67. The van der Waals surface area contributed by atoms with E-state index in [9.17, 15) is 4.39 Å². The number of oxazole rings is 1. The van der Waals surface area contributed by atoms with Crippen molar-refractivity contribution >= 4 is 0 Å². The molecule has 0 N–H and O–H groups in total. The summed E-state index contributed by atoms with van der Waals surface area (Å²) in [5.41, 5.74) is 0. The Hall–Kier alpha value is -1.84. The zero-order chi connectivity index (χ0) is 10.7. The van der Waals surface area contributed by atoms with Gasteiger partial charge in [0.15, 0.2) is 6.61 Å². The van der Waals surface area contributed by atoms with Gasteiger partial charge in [0.05, 0.1) is 6.20 Å². The Balaban J connectivity index is 1.96. The van der Waals surface area contributed by atoms with Crippen LogP contribution in [0.2, 0.25) is 0 Å². The minimum absolute atomic E-state index is 0.249. The van der Waals surface area contributed by atoms with Crippen LogP contribution in [0.15, 0.2) is 34.9 Å². The van der Waals surface area contributed by atoms with Gasteiger partial charge in [-0.1, -0.05) is 0 Å². The molecule has 0 amide bonds. The van der Waals surface area contributed by atoms with E-state index in [0.29, 0.717) is 11.6 Å². The van der Waals surface area contributed by atoms with Crippen LogP contribution in [-0.2, 0) is 6.61 Å². The smallest absolute Gasteiger partial charge is 0.232 e. The zero-order valence-corrected chi connectivity index (χ0v) is 8.24. The number of nitrogens with zero attached hydrogens (tertiary/aromatic N) is 1. The Bertz CT molecular complexity index is 436. The fourth-order valence-electron chi connectivity index (χ4n) is 1.14. The topological polar surface area (TPSA) is 35.3 Å². The van der Waals surface area contributed by atoms with E-state index in [1.54, 1.807) is 18.3 Å². The molecule has 1 heterocycles. The van der Waals surface area contributed by atoms with Gasteiger partial charge in [0, 0.05) is 0 Å². The first-order valence-electron chi connectivity index (χ1n) is 4.54. The van der Waals surface area contributed by atoms with Crippen LogP contribution >= 0.6 is 0 Å². The third-order valence-electron chi connectivity index (χ3n) is 1.85. The summed E-state index contributed by atoms with van der Waals surface area (Å²) in [4.78, 5) is 3.98. The lowest BCUT2D eigenvalue weighted by Gasteiger charge is -2.02. The van der Waals surface area contributed by atoms with Crippen molar-refractivity contribution in [1.29, 1.82) is 0 Å². The SMILES string of the molecule is Cc1cnc(COc2ccc(F)cc2)o1. The standard InChI is InChI=1S/C11H10FNO2/c1-8-6-13-11(15-8)7-14-10-4-2-9(12)3-5-10/h2-6H,7H2,1H3. The first kappa shape index (κ1) is 9.71. The molecule has 2 rings (SSSR count). The van der Waals surface area contributed by atoms with Crippen molar-refractivity contribution in [2.75, 3.05) is 0 Å². The summed E-state index contributed by atoms with van der Waals surface area (Å²) in [7, 11) is 0. The largest absolute Gasteiger partial charge is 0.484 e. The van der Waals surface area contributed by atoms with Crippen LogP contribution in [-0.4, -0.2) is 4.98 Å². The lowest BCUT2D eigenvalue weighted by molar-refractivity contribution is 0.260. The molecule has 0 unspecified atom stereocenters. The quantitative estimate of drug-likeness (QED) is 0.776. The monoisotopic (exact) mass is 207 g/mol. The summed E-state index contributed by atoms with van der Waals surface area (Å²) < 4.78 is 23.1. The third kappa shape index (κ3) is 2.56. The second-order valence-corrected chi connectivity index (χ2v) is 3.11. The van der Waals surface area contributed by atoms with Crippen molar-refractivity contribution in [1.82, 2.24) is 4.98 Å². The first-order valence-corrected chi connectivity index (χ1v) is 4.54. The van der Waals surface area contributed by atoms with Crippen LogP contribution in [0.3, 0.4) is 0 Å². The van der Waals surface area contributed by atoms with Crippen LogP contribution in [0.4, 0.5) is 4.39 Å². The third-order valence-corrected chi connectivity index (χ3v) is 1.85. The maximum Gasteiger partial charge on any atom is 0.232 e. The van der Waals surface area contributed by atoms with Gasteiger partial charge >= 0.3 is 0 Å². The molecular formula is C11H10FNO2. The van der Waals surface area contributed by atoms with Crippen LogP contribution in [0.1, 0.15) is 11.7 Å². The summed E-state index contributed by atoms with van der Waals surface area (Å²) in [5.74, 6) is 1.56. The van der Waals surface area contributed by atoms with E-state index in [0.717, 1.165) is 5.76 Å². The van der Waals surface area contributed by atoms with Crippen molar-refractivity contribution in [3.63, 3.8) is 0 Å². The molecule has 3 nitrogen and oxygen atoms in total. The average Bonchev–Trinajstić information content (AvgIpc) is 2.64. The molecule has 1 aromatic heterocycles. The molecule has 15 heavy (non-hydrogen) atoms. The Labute approximate surface area is 86.5 Å². The second kappa shape index (κ2) is 4.13. The van der Waals surface area contributed by atoms with Gasteiger partial charge in [0.2, 0.25) is 5.89 Å². The van der Waals surface area contributed by atoms with E-state index in [4.69, 9.17) is 9.15 Å². The number of rotatable bonds is 3. The van der Waals surface area contributed by atoms with Gasteiger partial charge in [-0.25, -0.2) is 9.37 Å². The van der Waals surface area contributed by atoms with E-state index in [1.165, 1.54) is 12.1 Å². The minimum atomic E-state index is -0.283. The van der Waals surface area contributed by atoms with Gasteiger partial charge in [0.25, 0.3) is 0 Å². The second-order valence-electron chi connectivity index (χ2n) is 3.11. The van der Waals surface area contributed by atoms with E-state index >= 15 is 0 Å². The lowest BCUT2D eigenvalue weighted by atomic mass is 10.3. The highest BCUT2D eigenvalue weighted by atomic mass is 19.1. The predicted octanol–water partition coefficient (Wildman–Crippen LogP) is 2.70. The Morgan fingerprint density at radius 3 is 2.67 bits per heavy atom. The summed E-state index contributed by atoms with van der Waals surface area (Å²) in [6, 6.07) is 5.81. The van der Waals surface area contributed by atoms with Crippen molar-refractivity contribution < 1.29 is 13.5 Å². The summed E-state index contributed by atoms with van der Waals surface area (Å²) in [6.07, 6.45) is 1.63. The number of hydrogen-bond acceptors (Lipinski definition) is 3. The van der Waals surface area contributed by atoms with Gasteiger partial charge < -0.3 is 9.15 Å². The molecule has 0 fully saturated rings. The van der Waals surface area contributed by atoms with E-state index in [-0.39, 0.29) is 12.4 Å². The number of aryl methyl sites for hydroxylation is 1. The lowest BCUT2D eigenvalue weighted by Crippen LogP contribution is -1.95. The van der Waals surface area contributed by atoms with Crippen LogP contribution in [0.25, 0.3) is 0 Å². The number of benzene rings is 1. The Morgan fingerprint density at radius 1 is 1.33 bits per heavy atom. The van der Waals surface area contributed by atoms with Gasteiger partial charge in [-0.15, -0.1) is 0 Å². The van der Waals surface area contributed by atoms with Crippen LogP contribution in [0, 0.1) is 12.7 Å². The van der Waals surface area contributed by atoms with Gasteiger partial charge in [-0.2, -0.15) is 0 Å². The highest BCUT2D eigenvalue weighted by Crippen LogP contribution is 2.13. The van der Waals surface area contributed by atoms with E-state index < -0.39 is 0 Å². The molecule has 0 bridgehead atoms. The average molecular weight is 207 g/mol. The molecule has 78 valence electrons. The van der Waals surface area contributed by atoms with Crippen molar-refractivity contribution in [3.8, 4) is 5.75 Å². The number of halogens is 1. The molecule has 4 heteroatoms. The molecule has 0 aliphatic rings. The van der Waals surface area contributed by atoms with Crippen molar-refractivity contribution in [2.45, 2.75) is 13.5 Å². The minimum Gasteiger partial charge on any atom is -0.484 e. The van der Waals surface area contributed by atoms with Crippen LogP contribution < -0.4 is 4.74 Å². The predicted molar refractivity (Wildman–Crippen MR) is 52.0 cm³/mol. The van der Waals surface area contributed by atoms with Crippen molar-refractivity contribution in [2.24, 2.45) is 0 Å². The molecule has 0 aliphatic carbocycles. The van der Waals surface area contributed by atoms with Gasteiger partial charge in [-0.3, -0.25) is 0 Å². The number of aromatic nitrogens is 1. The summed E-state index contributed by atoms with van der Waals surface area (Å²) >= 11 is 0. The first-order chi connectivity index (χ1) is 7.24. The molecule has 0 atom stereocenters. The number of hydrogen-bond donors (Lipinski definition) is 0. The van der Waals surface area contributed by atoms with Crippen LogP contribution in [0.5, 0.6) is 5.75 Å². The molecule has 0 radical (unpaired) electrons. The fourth-order valence-corrected chi connectivity index (χ4v) is 1.14. The van der Waals surface area contributed by atoms with Gasteiger partial charge in [-0.05, 0) is 31.2 Å². The Morgan fingerprint density at radius 2 is 2.07 bits per heavy atom. The fraction of sp³-hybridized carbons (Fsp3) is 0.182.